The van der Waals surface area contributed by atoms with Crippen molar-refractivity contribution in [3.63, 3.8) is 0 Å². The molecule has 3 N–H and O–H groups in total. The summed E-state index contributed by atoms with van der Waals surface area (Å²) in [6, 6.07) is 0.0428. The van der Waals surface area contributed by atoms with Gasteiger partial charge in [0.15, 0.2) is 9.90 Å². The van der Waals surface area contributed by atoms with Gasteiger partial charge in [-0.15, -0.1) is 23.7 Å². The number of hydrogen-bond donors (Lipinski definition) is 2. The molecule has 0 aliphatic heterocycles. The minimum absolute atomic E-state index is 0. The monoisotopic (exact) mass is 395 g/mol. The average Bonchev–Trinajstić information content (AvgIpc) is 2.97. The summed E-state index contributed by atoms with van der Waals surface area (Å²) >= 11 is 0.930. The third-order valence-electron chi connectivity index (χ3n) is 4.83. The van der Waals surface area contributed by atoms with Crippen LogP contribution in [-0.4, -0.2) is 38.6 Å². The molecule has 2 saturated carbocycles. The molecule has 2 fully saturated rings. The third kappa shape index (κ3) is 3.75. The van der Waals surface area contributed by atoms with Gasteiger partial charge in [0.25, 0.3) is 10.0 Å². The Balaban J connectivity index is 0.00000208. The fraction of sp³-hybridized carbons (Fsp3) is 0.714. The standard InChI is InChI=1S/C14H21N3O4S2.ClH/c1-21-13(18)12-14(22-7-16-12)23(19,20)17-11-8-3-2-4-9(11)6-10(15)5-8;/h7-11,17H,2-6,15H2,1H3;1H. The first-order valence-electron chi connectivity index (χ1n) is 7.72. The molecule has 3 rings (SSSR count). The summed E-state index contributed by atoms with van der Waals surface area (Å²) in [5.41, 5.74) is 7.28. The van der Waals surface area contributed by atoms with Crippen LogP contribution >= 0.6 is 23.7 Å². The third-order valence-corrected chi connectivity index (χ3v) is 7.65. The van der Waals surface area contributed by atoms with Crippen LogP contribution < -0.4 is 10.5 Å². The number of ether oxygens (including phenoxy) is 1. The van der Waals surface area contributed by atoms with Crippen molar-refractivity contribution in [3.8, 4) is 0 Å². The fourth-order valence-electron chi connectivity index (χ4n) is 3.87. The Bertz CT molecular complexity index is 680. The maximum Gasteiger partial charge on any atom is 0.358 e. The number of carbonyl (C=O) groups excluding carboxylic acids is 1. The Kier molecular flexibility index (Phi) is 6.24. The van der Waals surface area contributed by atoms with Gasteiger partial charge < -0.3 is 10.5 Å². The van der Waals surface area contributed by atoms with Gasteiger partial charge in [0.05, 0.1) is 12.6 Å². The lowest BCUT2D eigenvalue weighted by Crippen LogP contribution is -2.53. The fourth-order valence-corrected chi connectivity index (χ4v) is 6.40. The highest BCUT2D eigenvalue weighted by Crippen LogP contribution is 2.40. The van der Waals surface area contributed by atoms with Gasteiger partial charge in [-0.25, -0.2) is 22.9 Å². The van der Waals surface area contributed by atoms with E-state index in [2.05, 4.69) is 14.4 Å². The minimum Gasteiger partial charge on any atom is -0.464 e. The number of sulfonamides is 1. The molecule has 0 spiro atoms. The second-order valence-electron chi connectivity index (χ2n) is 6.31. The molecule has 2 bridgehead atoms. The molecule has 1 aromatic rings. The van der Waals surface area contributed by atoms with Crippen LogP contribution in [0.1, 0.15) is 42.6 Å². The van der Waals surface area contributed by atoms with E-state index in [1.807, 2.05) is 0 Å². The molecular formula is C14H22ClN3O4S2. The number of nitrogens with two attached hydrogens (primary N) is 1. The van der Waals surface area contributed by atoms with Gasteiger partial charge in [-0.05, 0) is 37.5 Å². The number of hydrogen-bond acceptors (Lipinski definition) is 7. The first-order chi connectivity index (χ1) is 10.9. The zero-order valence-corrected chi connectivity index (χ0v) is 15.8. The van der Waals surface area contributed by atoms with Gasteiger partial charge >= 0.3 is 5.97 Å². The Morgan fingerprint density at radius 3 is 2.58 bits per heavy atom. The molecule has 2 aliphatic rings. The molecule has 24 heavy (non-hydrogen) atoms. The van der Waals surface area contributed by atoms with Crippen molar-refractivity contribution in [2.45, 2.75) is 48.4 Å². The number of thiazole rings is 1. The molecule has 2 unspecified atom stereocenters. The van der Waals surface area contributed by atoms with Crippen molar-refractivity contribution >= 4 is 39.7 Å². The van der Waals surface area contributed by atoms with E-state index in [0.717, 1.165) is 43.4 Å². The molecule has 0 aromatic carbocycles. The smallest absolute Gasteiger partial charge is 0.358 e. The van der Waals surface area contributed by atoms with Crippen molar-refractivity contribution < 1.29 is 17.9 Å². The van der Waals surface area contributed by atoms with Crippen LogP contribution in [0, 0.1) is 11.8 Å². The number of nitrogens with one attached hydrogen (secondary N) is 1. The molecule has 1 aromatic heterocycles. The Morgan fingerprint density at radius 1 is 1.38 bits per heavy atom. The number of methoxy groups -OCH3 is 1. The minimum atomic E-state index is -3.80. The molecule has 136 valence electrons. The predicted molar refractivity (Wildman–Crippen MR) is 92.9 cm³/mol. The highest BCUT2D eigenvalue weighted by Gasteiger charge is 2.42. The van der Waals surface area contributed by atoms with Crippen LogP contribution in [0.3, 0.4) is 0 Å². The first-order valence-corrected chi connectivity index (χ1v) is 10.1. The normalized spacial score (nSPS) is 29.6. The SMILES string of the molecule is COC(=O)c1ncsc1S(=O)(=O)NC1C2CCCC1CC(N)C2.Cl. The lowest BCUT2D eigenvalue weighted by Gasteiger charge is -2.44. The van der Waals surface area contributed by atoms with E-state index < -0.39 is 16.0 Å². The highest BCUT2D eigenvalue weighted by molar-refractivity contribution is 7.91. The van der Waals surface area contributed by atoms with Gasteiger partial charge in [-0.2, -0.15) is 0 Å². The molecule has 1 heterocycles. The first kappa shape index (κ1) is 19.6. The van der Waals surface area contributed by atoms with Gasteiger partial charge in [0.2, 0.25) is 0 Å². The van der Waals surface area contributed by atoms with Crippen LogP contribution in [0.15, 0.2) is 9.72 Å². The largest absolute Gasteiger partial charge is 0.464 e. The zero-order valence-electron chi connectivity index (χ0n) is 13.3. The van der Waals surface area contributed by atoms with Crippen LogP contribution in [0.5, 0.6) is 0 Å². The van der Waals surface area contributed by atoms with E-state index >= 15 is 0 Å². The lowest BCUT2D eigenvalue weighted by atomic mass is 9.67. The second-order valence-corrected chi connectivity index (χ2v) is 9.07. The lowest BCUT2D eigenvalue weighted by molar-refractivity contribution is 0.0590. The number of halogens is 1. The number of aromatic nitrogens is 1. The number of rotatable bonds is 4. The summed E-state index contributed by atoms with van der Waals surface area (Å²) in [5.74, 6) is -0.207. The number of nitrogens with zero attached hydrogens (tertiary/aromatic N) is 1. The van der Waals surface area contributed by atoms with E-state index in [0.29, 0.717) is 0 Å². The second kappa shape index (κ2) is 7.65. The molecule has 2 atom stereocenters. The van der Waals surface area contributed by atoms with Crippen molar-refractivity contribution in [1.82, 2.24) is 9.71 Å². The Hall–Kier alpha value is -0.740. The van der Waals surface area contributed by atoms with Crippen LogP contribution in [0.25, 0.3) is 0 Å². The van der Waals surface area contributed by atoms with Crippen LogP contribution in [-0.2, 0) is 14.8 Å². The van der Waals surface area contributed by atoms with Crippen molar-refractivity contribution in [2.24, 2.45) is 17.6 Å². The van der Waals surface area contributed by atoms with E-state index in [-0.39, 0.29) is 46.2 Å². The van der Waals surface area contributed by atoms with Crippen LogP contribution in [0.2, 0.25) is 0 Å². The molecule has 0 radical (unpaired) electrons. The molecule has 0 saturated heterocycles. The molecule has 7 nitrogen and oxygen atoms in total. The van der Waals surface area contributed by atoms with Gasteiger partial charge in [0, 0.05) is 12.1 Å². The summed E-state index contributed by atoms with van der Waals surface area (Å²) in [7, 11) is -2.59. The number of fused-ring (bicyclic) bond motifs is 2. The van der Waals surface area contributed by atoms with Gasteiger partial charge in [0.1, 0.15) is 0 Å². The topological polar surface area (TPSA) is 111 Å². The highest BCUT2D eigenvalue weighted by atomic mass is 35.5. The maximum absolute atomic E-state index is 12.7. The molecule has 10 heteroatoms. The molecular weight excluding hydrogens is 374 g/mol. The van der Waals surface area contributed by atoms with E-state index in [9.17, 15) is 13.2 Å². The van der Waals surface area contributed by atoms with E-state index in [1.54, 1.807) is 0 Å². The van der Waals surface area contributed by atoms with Crippen molar-refractivity contribution in [1.29, 1.82) is 0 Å². The van der Waals surface area contributed by atoms with Gasteiger partial charge in [-0.3, -0.25) is 0 Å². The molecule has 2 aliphatic carbocycles. The zero-order chi connectivity index (χ0) is 16.6. The molecule has 0 amide bonds. The van der Waals surface area contributed by atoms with Crippen molar-refractivity contribution in [3.05, 3.63) is 11.2 Å². The predicted octanol–water partition coefficient (Wildman–Crippen LogP) is 1.54. The maximum atomic E-state index is 12.7. The van der Waals surface area contributed by atoms with E-state index in [1.165, 1.54) is 12.6 Å². The van der Waals surface area contributed by atoms with Gasteiger partial charge in [-0.1, -0.05) is 6.42 Å². The Morgan fingerprint density at radius 2 is 2.00 bits per heavy atom. The average molecular weight is 396 g/mol. The summed E-state index contributed by atoms with van der Waals surface area (Å²) < 4.78 is 32.8. The van der Waals surface area contributed by atoms with Crippen molar-refractivity contribution in [2.75, 3.05) is 7.11 Å². The Labute approximate surface area is 151 Å². The number of carbonyl (C=O) groups is 1. The van der Waals surface area contributed by atoms with E-state index in [4.69, 9.17) is 5.73 Å². The van der Waals surface area contributed by atoms with Crippen LogP contribution in [0.4, 0.5) is 0 Å². The quantitative estimate of drug-likeness (QED) is 0.748. The summed E-state index contributed by atoms with van der Waals surface area (Å²) in [6.07, 6.45) is 4.79. The summed E-state index contributed by atoms with van der Waals surface area (Å²) in [6.45, 7) is 0. The summed E-state index contributed by atoms with van der Waals surface area (Å²) in [5, 5.41) is 0. The summed E-state index contributed by atoms with van der Waals surface area (Å²) in [4.78, 5) is 15.5. The number of esters is 1.